The Labute approximate surface area is 129 Å². The van der Waals surface area contributed by atoms with Crippen molar-refractivity contribution in [3.05, 3.63) is 22.2 Å². The van der Waals surface area contributed by atoms with Gasteiger partial charge in [0.15, 0.2) is 0 Å². The van der Waals surface area contributed by atoms with Crippen LogP contribution in [0.5, 0.6) is 0 Å². The largest absolute Gasteiger partial charge is 0.398 e. The van der Waals surface area contributed by atoms with Gasteiger partial charge < -0.3 is 5.73 Å². The van der Waals surface area contributed by atoms with Crippen molar-refractivity contribution >= 4 is 38.9 Å². The lowest BCUT2D eigenvalue weighted by Gasteiger charge is -2.28. The maximum atomic E-state index is 12.9. The van der Waals surface area contributed by atoms with E-state index in [9.17, 15) is 8.42 Å². The van der Waals surface area contributed by atoms with Gasteiger partial charge in [-0.1, -0.05) is 30.1 Å². The van der Waals surface area contributed by atoms with Crippen LogP contribution in [0.4, 0.5) is 5.69 Å². The molecule has 0 saturated carbocycles. The zero-order valence-electron chi connectivity index (χ0n) is 11.4. The van der Waals surface area contributed by atoms with Gasteiger partial charge in [0.25, 0.3) is 0 Å². The van der Waals surface area contributed by atoms with Gasteiger partial charge in [-0.15, -0.1) is 0 Å². The predicted molar refractivity (Wildman–Crippen MR) is 82.7 cm³/mol. The Bertz CT molecular complexity index is 596. The molecule has 0 amide bonds. The Morgan fingerprint density at radius 1 is 1.35 bits per heavy atom. The normalized spacial score (nSPS) is 24.2. The number of rotatable bonds is 3. The maximum Gasteiger partial charge on any atom is 0.247 e. The summed E-state index contributed by atoms with van der Waals surface area (Å²) in [5, 5.41) is 0.400. The molecule has 1 saturated heterocycles. The Kier molecular flexibility index (Phi) is 4.54. The minimum Gasteiger partial charge on any atom is -0.398 e. The molecule has 1 aliphatic heterocycles. The third-order valence-corrected chi connectivity index (χ3v) is 6.57. The first-order chi connectivity index (χ1) is 9.28. The number of halogens is 2. The van der Waals surface area contributed by atoms with E-state index in [1.54, 1.807) is 4.31 Å². The Balaban J connectivity index is 2.56. The lowest BCUT2D eigenvalue weighted by Crippen LogP contribution is -2.40. The van der Waals surface area contributed by atoms with E-state index in [1.807, 2.05) is 13.8 Å². The molecular formula is C13H18Cl2N2O2S. The van der Waals surface area contributed by atoms with Crippen LogP contribution in [0.1, 0.15) is 33.1 Å². The van der Waals surface area contributed by atoms with E-state index in [0.29, 0.717) is 5.02 Å². The van der Waals surface area contributed by atoms with Gasteiger partial charge >= 0.3 is 0 Å². The number of nitrogens with zero attached hydrogens (tertiary/aromatic N) is 1. The highest BCUT2D eigenvalue weighted by Gasteiger charge is 2.40. The lowest BCUT2D eigenvalue weighted by molar-refractivity contribution is 0.329. The van der Waals surface area contributed by atoms with Gasteiger partial charge in [-0.25, -0.2) is 8.42 Å². The van der Waals surface area contributed by atoms with E-state index >= 15 is 0 Å². The molecule has 7 heteroatoms. The molecule has 1 fully saturated rings. The first kappa shape index (κ1) is 15.9. The summed E-state index contributed by atoms with van der Waals surface area (Å²) in [6.45, 7) is 3.89. The van der Waals surface area contributed by atoms with Crippen LogP contribution in [0.3, 0.4) is 0 Å². The second-order valence-electron chi connectivity index (χ2n) is 5.13. The summed E-state index contributed by atoms with van der Waals surface area (Å²) in [5.74, 6) is 0. The summed E-state index contributed by atoms with van der Waals surface area (Å²) in [7, 11) is -3.71. The molecule has 20 heavy (non-hydrogen) atoms. The van der Waals surface area contributed by atoms with E-state index in [-0.39, 0.29) is 27.7 Å². The summed E-state index contributed by atoms with van der Waals surface area (Å²) in [6, 6.07) is 2.79. The quantitative estimate of drug-likeness (QED) is 0.858. The maximum absolute atomic E-state index is 12.9. The molecule has 0 spiro atoms. The van der Waals surface area contributed by atoms with Crippen LogP contribution in [0, 0.1) is 0 Å². The standard InChI is InChI=1S/C13H18Cl2N2O2S/c1-3-10-5-4-8(2)17(10)20(18,19)13-11(15)6-9(14)7-12(13)16/h6-8,10H,3-5,16H2,1-2H3. The van der Waals surface area contributed by atoms with Gasteiger partial charge in [-0.3, -0.25) is 0 Å². The summed E-state index contributed by atoms with van der Waals surface area (Å²) in [4.78, 5) is -0.0317. The first-order valence-corrected chi connectivity index (χ1v) is 8.76. The molecule has 0 aliphatic carbocycles. The fourth-order valence-electron chi connectivity index (χ4n) is 2.82. The highest BCUT2D eigenvalue weighted by Crippen LogP contribution is 2.38. The molecule has 1 aromatic rings. The van der Waals surface area contributed by atoms with Crippen molar-refractivity contribution in [2.45, 2.75) is 50.1 Å². The van der Waals surface area contributed by atoms with Crippen LogP contribution in [-0.4, -0.2) is 24.8 Å². The summed E-state index contributed by atoms with van der Waals surface area (Å²) in [5.41, 5.74) is 5.93. The molecule has 1 heterocycles. The van der Waals surface area contributed by atoms with Crippen molar-refractivity contribution in [2.75, 3.05) is 5.73 Å². The van der Waals surface area contributed by atoms with E-state index in [0.717, 1.165) is 19.3 Å². The highest BCUT2D eigenvalue weighted by molar-refractivity contribution is 7.89. The fraction of sp³-hybridized carbons (Fsp3) is 0.538. The van der Waals surface area contributed by atoms with Gasteiger partial charge in [0.1, 0.15) is 4.90 Å². The predicted octanol–water partition coefficient (Wildman–Crippen LogP) is 3.53. The molecule has 4 nitrogen and oxygen atoms in total. The van der Waals surface area contributed by atoms with E-state index in [4.69, 9.17) is 28.9 Å². The molecule has 2 N–H and O–H groups in total. The van der Waals surface area contributed by atoms with Crippen molar-refractivity contribution in [2.24, 2.45) is 0 Å². The van der Waals surface area contributed by atoms with Crippen molar-refractivity contribution in [1.82, 2.24) is 4.31 Å². The molecule has 0 aromatic heterocycles. The Morgan fingerprint density at radius 2 is 2.00 bits per heavy atom. The summed E-state index contributed by atoms with van der Waals surface area (Å²) in [6.07, 6.45) is 2.49. The van der Waals surface area contributed by atoms with E-state index < -0.39 is 10.0 Å². The zero-order valence-corrected chi connectivity index (χ0v) is 13.8. The average molecular weight is 337 g/mol. The second kappa shape index (κ2) is 5.72. The molecule has 1 aromatic carbocycles. The Morgan fingerprint density at radius 3 is 2.55 bits per heavy atom. The van der Waals surface area contributed by atoms with Crippen molar-refractivity contribution in [1.29, 1.82) is 0 Å². The number of sulfonamides is 1. The van der Waals surface area contributed by atoms with Gasteiger partial charge in [-0.05, 0) is 38.3 Å². The minimum atomic E-state index is -3.71. The van der Waals surface area contributed by atoms with Crippen LogP contribution in [-0.2, 0) is 10.0 Å². The molecule has 0 bridgehead atoms. The number of benzene rings is 1. The third-order valence-electron chi connectivity index (χ3n) is 3.76. The molecule has 0 radical (unpaired) electrons. The molecular weight excluding hydrogens is 319 g/mol. The summed E-state index contributed by atoms with van der Waals surface area (Å²) >= 11 is 11.9. The van der Waals surface area contributed by atoms with E-state index in [1.165, 1.54) is 12.1 Å². The average Bonchev–Trinajstić information content (AvgIpc) is 2.69. The lowest BCUT2D eigenvalue weighted by atomic mass is 10.2. The van der Waals surface area contributed by atoms with Gasteiger partial charge in [0.05, 0.1) is 10.7 Å². The number of anilines is 1. The Hall–Kier alpha value is -0.490. The molecule has 2 rings (SSSR count). The number of hydrogen-bond donors (Lipinski definition) is 1. The van der Waals surface area contributed by atoms with E-state index in [2.05, 4.69) is 0 Å². The number of hydrogen-bond acceptors (Lipinski definition) is 3. The third kappa shape index (κ3) is 2.64. The van der Waals surface area contributed by atoms with Crippen LogP contribution < -0.4 is 5.73 Å². The van der Waals surface area contributed by atoms with Gasteiger partial charge in [0, 0.05) is 17.1 Å². The van der Waals surface area contributed by atoms with Crippen molar-refractivity contribution in [3.8, 4) is 0 Å². The number of nitrogens with two attached hydrogens (primary N) is 1. The zero-order chi connectivity index (χ0) is 15.1. The summed E-state index contributed by atoms with van der Waals surface area (Å²) < 4.78 is 27.3. The number of nitrogen functional groups attached to an aromatic ring is 1. The van der Waals surface area contributed by atoms with Crippen LogP contribution >= 0.6 is 23.2 Å². The van der Waals surface area contributed by atoms with Gasteiger partial charge in [0.2, 0.25) is 10.0 Å². The molecule has 2 atom stereocenters. The molecule has 112 valence electrons. The van der Waals surface area contributed by atoms with Crippen molar-refractivity contribution < 1.29 is 8.42 Å². The molecule has 1 aliphatic rings. The second-order valence-corrected chi connectivity index (χ2v) is 7.75. The SMILES string of the molecule is CCC1CCC(C)N1S(=O)(=O)c1c(N)cc(Cl)cc1Cl. The first-order valence-electron chi connectivity index (χ1n) is 6.57. The topological polar surface area (TPSA) is 63.4 Å². The van der Waals surface area contributed by atoms with Crippen molar-refractivity contribution in [3.63, 3.8) is 0 Å². The molecule has 2 unspecified atom stereocenters. The monoisotopic (exact) mass is 336 g/mol. The fourth-order valence-corrected chi connectivity index (χ4v) is 5.72. The van der Waals surface area contributed by atoms with Crippen LogP contribution in [0.25, 0.3) is 0 Å². The van der Waals surface area contributed by atoms with Gasteiger partial charge in [-0.2, -0.15) is 4.31 Å². The highest BCUT2D eigenvalue weighted by atomic mass is 35.5. The minimum absolute atomic E-state index is 0.00106. The van der Waals surface area contributed by atoms with Crippen LogP contribution in [0.2, 0.25) is 10.0 Å². The smallest absolute Gasteiger partial charge is 0.247 e. The van der Waals surface area contributed by atoms with Crippen LogP contribution in [0.15, 0.2) is 17.0 Å².